The van der Waals surface area contributed by atoms with Crippen LogP contribution in [0.5, 0.6) is 23.0 Å². The first-order valence-corrected chi connectivity index (χ1v) is 14.7. The van der Waals surface area contributed by atoms with E-state index in [0.29, 0.717) is 29.5 Å². The number of ether oxygens (including phenoxy) is 4. The van der Waals surface area contributed by atoms with Crippen LogP contribution in [0.4, 0.5) is 5.69 Å². The van der Waals surface area contributed by atoms with E-state index in [4.69, 9.17) is 18.9 Å². The van der Waals surface area contributed by atoms with Crippen molar-refractivity contribution < 1.29 is 23.5 Å². The molecule has 0 bridgehead atoms. The first-order chi connectivity index (χ1) is 18.3. The first kappa shape index (κ1) is 29.7. The Balaban J connectivity index is 2.37. The average molecular weight is 559 g/mol. The second-order valence-corrected chi connectivity index (χ2v) is 12.6. The molecule has 0 aliphatic carbocycles. The lowest BCUT2D eigenvalue weighted by atomic mass is 10.3. The van der Waals surface area contributed by atoms with Crippen LogP contribution >= 0.6 is 15.9 Å². The van der Waals surface area contributed by atoms with Crippen molar-refractivity contribution in [2.75, 3.05) is 74.6 Å². The van der Waals surface area contributed by atoms with Crippen molar-refractivity contribution in [2.45, 2.75) is 0 Å². The SMILES string of the molecule is CNCCN(C)[P+](=O)c1ccc(N(C)C)cc1P(c1ccc(OC)cc1OC)c1ccc(OC)cc1OC. The van der Waals surface area contributed by atoms with E-state index in [1.807, 2.05) is 81.4 Å². The first-order valence-electron chi connectivity index (χ1n) is 12.2. The second-order valence-electron chi connectivity index (χ2n) is 8.74. The number of anilines is 1. The van der Waals surface area contributed by atoms with Crippen LogP contribution < -0.4 is 50.4 Å². The molecule has 1 unspecified atom stereocenters. The minimum Gasteiger partial charge on any atom is -0.497 e. The van der Waals surface area contributed by atoms with Crippen LogP contribution in [-0.4, -0.2) is 74.4 Å². The molecule has 3 aromatic carbocycles. The highest BCUT2D eigenvalue weighted by atomic mass is 31.1. The van der Waals surface area contributed by atoms with Crippen molar-refractivity contribution in [2.24, 2.45) is 0 Å². The summed E-state index contributed by atoms with van der Waals surface area (Å²) in [5, 5.41) is 6.82. The Morgan fingerprint density at radius 2 is 1.32 bits per heavy atom. The van der Waals surface area contributed by atoms with Gasteiger partial charge in [0.15, 0.2) is 0 Å². The third-order valence-corrected chi connectivity index (χ3v) is 10.5. The minimum absolute atomic E-state index is 0.649. The van der Waals surface area contributed by atoms with E-state index in [9.17, 15) is 4.57 Å². The van der Waals surface area contributed by atoms with Crippen LogP contribution in [0.15, 0.2) is 54.6 Å². The molecule has 8 nitrogen and oxygen atoms in total. The zero-order valence-electron chi connectivity index (χ0n) is 23.4. The number of nitrogens with one attached hydrogen (secondary N) is 1. The fourth-order valence-corrected chi connectivity index (χ4v) is 8.22. The number of methoxy groups -OCH3 is 4. The van der Waals surface area contributed by atoms with Crippen molar-refractivity contribution in [1.29, 1.82) is 0 Å². The largest absolute Gasteiger partial charge is 0.497 e. The number of hydrogen-bond acceptors (Lipinski definition) is 7. The monoisotopic (exact) mass is 558 g/mol. The van der Waals surface area contributed by atoms with Gasteiger partial charge in [0.05, 0.1) is 35.0 Å². The molecule has 0 aromatic heterocycles. The van der Waals surface area contributed by atoms with E-state index in [0.717, 1.165) is 33.5 Å². The molecule has 0 aliphatic heterocycles. The minimum atomic E-state index is -1.85. The Morgan fingerprint density at radius 1 is 0.763 bits per heavy atom. The summed E-state index contributed by atoms with van der Waals surface area (Å²) in [6, 6.07) is 17.8. The highest BCUT2D eigenvalue weighted by Gasteiger charge is 2.36. The lowest BCUT2D eigenvalue weighted by Gasteiger charge is -2.25. The van der Waals surface area contributed by atoms with Gasteiger partial charge >= 0.3 is 7.95 Å². The summed E-state index contributed by atoms with van der Waals surface area (Å²) in [5.41, 5.74) is 1.01. The molecule has 1 atom stereocenters. The van der Waals surface area contributed by atoms with Crippen molar-refractivity contribution in [1.82, 2.24) is 9.99 Å². The van der Waals surface area contributed by atoms with Gasteiger partial charge in [-0.2, -0.15) is 0 Å². The van der Waals surface area contributed by atoms with Crippen LogP contribution in [-0.2, 0) is 4.57 Å². The molecule has 0 heterocycles. The van der Waals surface area contributed by atoms with Crippen LogP contribution in [0, 0.1) is 0 Å². The van der Waals surface area contributed by atoms with Crippen LogP contribution in [0.3, 0.4) is 0 Å². The molecule has 0 aliphatic rings. The standard InChI is InChI=1S/C28H38N3O5P2/c1-29-15-16-31(4)38(32)27-12-9-20(30(2)3)17-28(27)37(25-13-10-21(33-5)18-23(25)35-7)26-14-11-22(34-6)19-24(26)36-8/h9-14,17-19,29H,15-16H2,1-8H3/q+1. The normalized spacial score (nSPS) is 11.5. The molecule has 0 radical (unpaired) electrons. The maximum absolute atomic E-state index is 14.0. The van der Waals surface area contributed by atoms with E-state index in [1.165, 1.54) is 0 Å². The van der Waals surface area contributed by atoms with E-state index in [-0.39, 0.29) is 0 Å². The van der Waals surface area contributed by atoms with Crippen molar-refractivity contribution in [3.8, 4) is 23.0 Å². The summed E-state index contributed by atoms with van der Waals surface area (Å²) in [6.45, 7) is 1.38. The lowest BCUT2D eigenvalue weighted by molar-refractivity contribution is 0.396. The van der Waals surface area contributed by atoms with Gasteiger partial charge in [0.2, 0.25) is 5.30 Å². The molecule has 0 fully saturated rings. The zero-order chi connectivity index (χ0) is 27.8. The maximum Gasteiger partial charge on any atom is 0.474 e. The Kier molecular flexibility index (Phi) is 10.7. The molecule has 10 heteroatoms. The number of likely N-dealkylation sites (N-methyl/N-ethyl adjacent to an activating group) is 2. The van der Waals surface area contributed by atoms with Gasteiger partial charge in [0.1, 0.15) is 23.0 Å². The zero-order valence-corrected chi connectivity index (χ0v) is 25.2. The summed E-state index contributed by atoms with van der Waals surface area (Å²) in [6.07, 6.45) is 0. The van der Waals surface area contributed by atoms with Crippen LogP contribution in [0.1, 0.15) is 0 Å². The maximum atomic E-state index is 14.0. The van der Waals surface area contributed by atoms with E-state index in [2.05, 4.69) is 16.3 Å². The molecule has 0 spiro atoms. The predicted octanol–water partition coefficient (Wildman–Crippen LogP) is 3.06. The Hall–Kier alpha value is -2.89. The second kappa shape index (κ2) is 13.8. The van der Waals surface area contributed by atoms with E-state index in [1.54, 1.807) is 28.4 Å². The summed E-state index contributed by atoms with van der Waals surface area (Å²) in [7, 11) is 11.2. The van der Waals surface area contributed by atoms with Gasteiger partial charge in [-0.05, 0) is 62.0 Å². The predicted molar refractivity (Wildman–Crippen MR) is 159 cm³/mol. The number of hydrogen-bond donors (Lipinski definition) is 1. The van der Waals surface area contributed by atoms with Gasteiger partial charge in [-0.3, -0.25) is 0 Å². The number of nitrogens with zero attached hydrogens (tertiary/aromatic N) is 2. The van der Waals surface area contributed by atoms with Crippen LogP contribution in [0.2, 0.25) is 0 Å². The molecular formula is C28H38N3O5P2+. The Bertz CT molecular complexity index is 1200. The average Bonchev–Trinajstić information content (AvgIpc) is 2.95. The van der Waals surface area contributed by atoms with Crippen molar-refractivity contribution >= 4 is 42.8 Å². The summed E-state index contributed by atoms with van der Waals surface area (Å²) in [5.74, 6) is 2.77. The molecule has 3 rings (SSSR count). The topological polar surface area (TPSA) is 72.5 Å². The van der Waals surface area contributed by atoms with E-state index < -0.39 is 15.9 Å². The molecule has 0 saturated carbocycles. The summed E-state index contributed by atoms with van der Waals surface area (Å²) < 4.78 is 38.6. The summed E-state index contributed by atoms with van der Waals surface area (Å²) >= 11 is 0. The van der Waals surface area contributed by atoms with Gasteiger partial charge in [0, 0.05) is 61.4 Å². The fraction of sp³-hybridized carbons (Fsp3) is 0.357. The van der Waals surface area contributed by atoms with Crippen molar-refractivity contribution in [3.63, 3.8) is 0 Å². The van der Waals surface area contributed by atoms with Gasteiger partial charge in [-0.15, -0.1) is 0 Å². The third-order valence-electron chi connectivity index (χ3n) is 6.17. The molecule has 0 saturated heterocycles. The molecule has 204 valence electrons. The van der Waals surface area contributed by atoms with Gasteiger partial charge in [0.25, 0.3) is 0 Å². The van der Waals surface area contributed by atoms with Crippen LogP contribution in [0.25, 0.3) is 0 Å². The number of benzene rings is 3. The molecule has 38 heavy (non-hydrogen) atoms. The van der Waals surface area contributed by atoms with Gasteiger partial charge < -0.3 is 29.2 Å². The third kappa shape index (κ3) is 6.57. The Labute approximate surface area is 228 Å². The Morgan fingerprint density at radius 3 is 1.76 bits per heavy atom. The quantitative estimate of drug-likeness (QED) is 0.321. The molecule has 1 N–H and O–H groups in total. The van der Waals surface area contributed by atoms with Gasteiger partial charge in [-0.1, -0.05) is 4.67 Å². The van der Waals surface area contributed by atoms with Crippen molar-refractivity contribution in [3.05, 3.63) is 54.6 Å². The highest BCUT2D eigenvalue weighted by Crippen LogP contribution is 2.43. The summed E-state index contributed by atoms with van der Waals surface area (Å²) in [4.78, 5) is 2.05. The van der Waals surface area contributed by atoms with Gasteiger partial charge in [-0.25, -0.2) is 0 Å². The number of rotatable bonds is 13. The molecule has 0 amide bonds. The smallest absolute Gasteiger partial charge is 0.474 e. The van der Waals surface area contributed by atoms with E-state index >= 15 is 0 Å². The lowest BCUT2D eigenvalue weighted by Crippen LogP contribution is -2.34. The molecule has 3 aromatic rings. The highest BCUT2D eigenvalue weighted by molar-refractivity contribution is 7.81. The molecular weight excluding hydrogens is 520 g/mol. The fourth-order valence-electron chi connectivity index (χ4n) is 4.01.